The molecule has 1 rings (SSSR count). The molecule has 7 nitrogen and oxygen atoms in total. The predicted molar refractivity (Wildman–Crippen MR) is 71.3 cm³/mol. The normalized spacial score (nSPS) is 10.4. The average molecular weight is 267 g/mol. The van der Waals surface area contributed by atoms with Crippen LogP contribution in [0.15, 0.2) is 39.7 Å². The molecule has 0 unspecified atom stereocenters. The van der Waals surface area contributed by atoms with Gasteiger partial charge in [-0.25, -0.2) is 28.1 Å². The molecule has 0 saturated heterocycles. The largest absolute Gasteiger partial charge is 0.396 e. The van der Waals surface area contributed by atoms with Gasteiger partial charge in [0.2, 0.25) is 0 Å². The third-order valence-corrected chi connectivity index (χ3v) is 2.55. The van der Waals surface area contributed by atoms with Crippen molar-refractivity contribution in [3.63, 3.8) is 0 Å². The molecular weight excluding hydrogens is 250 g/mol. The number of hydrogen-bond acceptors (Lipinski definition) is 4. The first-order chi connectivity index (χ1) is 9.08. The van der Waals surface area contributed by atoms with Crippen molar-refractivity contribution in [2.75, 3.05) is 6.61 Å². The third kappa shape index (κ3) is 3.00. The Morgan fingerprint density at radius 1 is 0.895 bits per heavy atom. The molecule has 19 heavy (non-hydrogen) atoms. The summed E-state index contributed by atoms with van der Waals surface area (Å²) in [4.78, 5) is 36.0. The second kappa shape index (κ2) is 6.69. The summed E-state index contributed by atoms with van der Waals surface area (Å²) < 4.78 is 2.79. The van der Waals surface area contributed by atoms with E-state index in [0.717, 1.165) is 13.7 Å². The minimum Gasteiger partial charge on any atom is -0.396 e. The van der Waals surface area contributed by atoms with E-state index in [2.05, 4.69) is 13.2 Å². The topological polar surface area (TPSA) is 86.2 Å². The van der Waals surface area contributed by atoms with E-state index in [0.29, 0.717) is 0 Å². The average Bonchev–Trinajstić information content (AvgIpc) is 2.40. The molecule has 0 aromatic carbocycles. The zero-order valence-corrected chi connectivity index (χ0v) is 10.6. The number of rotatable bonds is 7. The summed E-state index contributed by atoms with van der Waals surface area (Å²) >= 11 is 0. The summed E-state index contributed by atoms with van der Waals surface area (Å²) in [6.45, 7) is 6.90. The summed E-state index contributed by atoms with van der Waals surface area (Å²) in [6, 6.07) is 0. The van der Waals surface area contributed by atoms with Gasteiger partial charge in [0.05, 0.1) is 13.1 Å². The molecule has 104 valence electrons. The van der Waals surface area contributed by atoms with E-state index in [4.69, 9.17) is 5.11 Å². The van der Waals surface area contributed by atoms with Crippen molar-refractivity contribution in [1.82, 2.24) is 13.7 Å². The van der Waals surface area contributed by atoms with E-state index in [1.165, 1.54) is 12.2 Å². The second-order valence-electron chi connectivity index (χ2n) is 3.88. The van der Waals surface area contributed by atoms with Crippen molar-refractivity contribution < 1.29 is 5.11 Å². The number of aliphatic hydroxyl groups is 1. The van der Waals surface area contributed by atoms with Crippen LogP contribution in [0.2, 0.25) is 0 Å². The van der Waals surface area contributed by atoms with E-state index >= 15 is 0 Å². The van der Waals surface area contributed by atoms with Crippen LogP contribution < -0.4 is 17.1 Å². The maximum Gasteiger partial charge on any atom is 0.336 e. The molecule has 0 amide bonds. The molecule has 1 aromatic rings. The van der Waals surface area contributed by atoms with Crippen LogP contribution in [0.25, 0.3) is 0 Å². The van der Waals surface area contributed by atoms with Crippen LogP contribution in [-0.2, 0) is 19.6 Å². The highest BCUT2D eigenvalue weighted by Crippen LogP contribution is 1.82. The van der Waals surface area contributed by atoms with Crippen molar-refractivity contribution in [3.8, 4) is 0 Å². The Morgan fingerprint density at radius 3 is 1.68 bits per heavy atom. The van der Waals surface area contributed by atoms with Crippen molar-refractivity contribution >= 4 is 0 Å². The lowest BCUT2D eigenvalue weighted by molar-refractivity contribution is 0.275. The van der Waals surface area contributed by atoms with Gasteiger partial charge in [-0.1, -0.05) is 12.2 Å². The molecule has 1 aromatic heterocycles. The maximum atomic E-state index is 12.0. The molecule has 0 spiro atoms. The zero-order chi connectivity index (χ0) is 14.4. The summed E-state index contributed by atoms with van der Waals surface area (Å²) in [6.07, 6.45) is 3.07. The molecule has 1 N–H and O–H groups in total. The number of nitrogens with zero attached hydrogens (tertiary/aromatic N) is 3. The van der Waals surface area contributed by atoms with Gasteiger partial charge in [0.25, 0.3) is 0 Å². The molecule has 0 aliphatic rings. The second-order valence-corrected chi connectivity index (χ2v) is 3.88. The fourth-order valence-corrected chi connectivity index (χ4v) is 1.67. The number of hydrogen-bond donors (Lipinski definition) is 1. The first-order valence-corrected chi connectivity index (χ1v) is 5.85. The third-order valence-electron chi connectivity index (χ3n) is 2.55. The van der Waals surface area contributed by atoms with Gasteiger partial charge in [0.15, 0.2) is 0 Å². The van der Waals surface area contributed by atoms with Gasteiger partial charge in [-0.2, -0.15) is 0 Å². The van der Waals surface area contributed by atoms with E-state index in [1.54, 1.807) is 0 Å². The summed E-state index contributed by atoms with van der Waals surface area (Å²) in [5, 5.41) is 8.78. The Labute approximate surface area is 109 Å². The minimum atomic E-state index is -0.691. The molecule has 0 fully saturated rings. The van der Waals surface area contributed by atoms with Gasteiger partial charge < -0.3 is 5.11 Å². The maximum absolute atomic E-state index is 12.0. The van der Waals surface area contributed by atoms with E-state index < -0.39 is 17.1 Å². The van der Waals surface area contributed by atoms with Gasteiger partial charge in [-0.3, -0.25) is 0 Å². The zero-order valence-electron chi connectivity index (χ0n) is 10.6. The lowest BCUT2D eigenvalue weighted by Crippen LogP contribution is -2.54. The van der Waals surface area contributed by atoms with Crippen molar-refractivity contribution in [2.24, 2.45) is 0 Å². The van der Waals surface area contributed by atoms with Crippen molar-refractivity contribution in [1.29, 1.82) is 0 Å². The molecular formula is C12H17N3O4. The van der Waals surface area contributed by atoms with E-state index in [9.17, 15) is 14.4 Å². The van der Waals surface area contributed by atoms with E-state index in [1.807, 2.05) is 0 Å². The molecule has 0 radical (unpaired) electrons. The van der Waals surface area contributed by atoms with Crippen LogP contribution >= 0.6 is 0 Å². The standard InChI is InChI=1S/C12H17N3O4/c1-3-6-13-10(17)14(7-4-2)12(19)15(11(13)18)8-5-9-16/h3-4,16H,1-2,5-9H2. The highest BCUT2D eigenvalue weighted by molar-refractivity contribution is 4.84. The lowest BCUT2D eigenvalue weighted by atomic mass is 10.4. The van der Waals surface area contributed by atoms with Gasteiger partial charge in [0.1, 0.15) is 0 Å². The molecule has 1 heterocycles. The first kappa shape index (κ1) is 14.9. The Balaban J connectivity index is 3.58. The fourth-order valence-electron chi connectivity index (χ4n) is 1.67. The van der Waals surface area contributed by atoms with Gasteiger partial charge in [-0.05, 0) is 6.42 Å². The number of aromatic nitrogens is 3. The smallest absolute Gasteiger partial charge is 0.336 e. The van der Waals surface area contributed by atoms with Crippen LogP contribution in [0.5, 0.6) is 0 Å². The first-order valence-electron chi connectivity index (χ1n) is 5.85. The van der Waals surface area contributed by atoms with Gasteiger partial charge in [0, 0.05) is 13.2 Å². The predicted octanol–water partition coefficient (Wildman–Crippen LogP) is -1.07. The molecule has 0 aliphatic heterocycles. The Hall–Kier alpha value is -2.15. The quantitative estimate of drug-likeness (QED) is 0.637. The lowest BCUT2D eigenvalue weighted by Gasteiger charge is -2.11. The number of allylic oxidation sites excluding steroid dienone is 2. The number of aliphatic hydroxyl groups excluding tert-OH is 1. The Bertz CT molecular complexity index is 588. The molecule has 0 aliphatic carbocycles. The summed E-state index contributed by atoms with van der Waals surface area (Å²) in [5.74, 6) is 0. The van der Waals surface area contributed by atoms with Crippen LogP contribution in [0.3, 0.4) is 0 Å². The molecule has 7 heteroatoms. The molecule has 0 saturated carbocycles. The highest BCUT2D eigenvalue weighted by atomic mass is 16.3. The van der Waals surface area contributed by atoms with Crippen LogP contribution in [0.1, 0.15) is 6.42 Å². The van der Waals surface area contributed by atoms with E-state index in [-0.39, 0.29) is 32.7 Å². The summed E-state index contributed by atoms with van der Waals surface area (Å²) in [5.41, 5.74) is -2.07. The SMILES string of the molecule is C=CCn1c(=O)n(CC=C)c(=O)n(CCCO)c1=O. The van der Waals surface area contributed by atoms with Gasteiger partial charge >= 0.3 is 17.1 Å². The Morgan fingerprint density at radius 2 is 1.32 bits per heavy atom. The monoisotopic (exact) mass is 267 g/mol. The minimum absolute atomic E-state index is 0.0220. The Kier molecular flexibility index (Phi) is 5.25. The van der Waals surface area contributed by atoms with Crippen LogP contribution in [0.4, 0.5) is 0 Å². The van der Waals surface area contributed by atoms with Crippen molar-refractivity contribution in [2.45, 2.75) is 26.1 Å². The highest BCUT2D eigenvalue weighted by Gasteiger charge is 2.13. The van der Waals surface area contributed by atoms with Crippen LogP contribution in [0, 0.1) is 0 Å². The fraction of sp³-hybridized carbons (Fsp3) is 0.417. The molecule has 0 atom stereocenters. The van der Waals surface area contributed by atoms with Crippen molar-refractivity contribution in [3.05, 3.63) is 56.8 Å². The van der Waals surface area contributed by atoms with Gasteiger partial charge in [-0.15, -0.1) is 13.2 Å². The summed E-state index contributed by atoms with van der Waals surface area (Å²) in [7, 11) is 0. The molecule has 0 bridgehead atoms. The van der Waals surface area contributed by atoms with Crippen LogP contribution in [-0.4, -0.2) is 25.4 Å².